The minimum atomic E-state index is -0.148. The Bertz CT molecular complexity index is 445. The van der Waals surface area contributed by atoms with Crippen LogP contribution in [0.5, 0.6) is 0 Å². The third-order valence-corrected chi connectivity index (χ3v) is 3.02. The van der Waals surface area contributed by atoms with Gasteiger partial charge in [-0.05, 0) is 31.5 Å². The Balaban J connectivity index is 1.90. The van der Waals surface area contributed by atoms with Gasteiger partial charge >= 0.3 is 6.03 Å². The zero-order chi connectivity index (χ0) is 14.4. The highest BCUT2D eigenvalue weighted by molar-refractivity contribution is 5.74. The number of hydrogen-bond donors (Lipinski definition) is 2. The quantitative estimate of drug-likeness (QED) is 0.866. The van der Waals surface area contributed by atoms with Crippen LogP contribution in [-0.2, 0) is 11.3 Å². The second-order valence-corrected chi connectivity index (χ2v) is 5.10. The van der Waals surface area contributed by atoms with E-state index in [2.05, 4.69) is 20.5 Å². The predicted molar refractivity (Wildman–Crippen MR) is 77.8 cm³/mol. The number of amides is 2. The van der Waals surface area contributed by atoms with E-state index in [4.69, 9.17) is 4.74 Å². The fraction of sp³-hybridized carbons (Fsp3) is 0.571. The molecule has 1 saturated heterocycles. The molecule has 1 aromatic heterocycles. The molecule has 6 nitrogen and oxygen atoms in total. The van der Waals surface area contributed by atoms with Gasteiger partial charge in [0.05, 0.1) is 13.2 Å². The first-order valence-electron chi connectivity index (χ1n) is 6.97. The van der Waals surface area contributed by atoms with Crippen LogP contribution in [0.25, 0.3) is 0 Å². The van der Waals surface area contributed by atoms with E-state index in [1.165, 1.54) is 0 Å². The largest absolute Gasteiger partial charge is 0.378 e. The molecule has 0 atom stereocenters. The van der Waals surface area contributed by atoms with E-state index < -0.39 is 0 Å². The fourth-order valence-corrected chi connectivity index (χ4v) is 2.03. The monoisotopic (exact) mass is 278 g/mol. The Hall–Kier alpha value is -1.82. The van der Waals surface area contributed by atoms with Crippen LogP contribution in [0.1, 0.15) is 19.4 Å². The van der Waals surface area contributed by atoms with Crippen molar-refractivity contribution < 1.29 is 9.53 Å². The number of anilines is 1. The number of nitrogens with one attached hydrogen (secondary N) is 2. The van der Waals surface area contributed by atoms with Gasteiger partial charge in [-0.2, -0.15) is 0 Å². The first-order valence-corrected chi connectivity index (χ1v) is 6.97. The van der Waals surface area contributed by atoms with Gasteiger partial charge in [0, 0.05) is 31.9 Å². The molecule has 110 valence electrons. The Morgan fingerprint density at radius 3 is 2.90 bits per heavy atom. The summed E-state index contributed by atoms with van der Waals surface area (Å²) < 4.78 is 5.33. The third-order valence-electron chi connectivity index (χ3n) is 3.02. The summed E-state index contributed by atoms with van der Waals surface area (Å²) in [7, 11) is 0. The molecule has 1 aliphatic rings. The molecule has 6 heteroatoms. The van der Waals surface area contributed by atoms with E-state index in [9.17, 15) is 4.79 Å². The standard InChI is InChI=1S/C14H22N4O2/c1-11(2)17-14(19)16-10-12-3-4-15-13(9-12)18-5-7-20-8-6-18/h3-4,9,11H,5-8,10H2,1-2H3,(H2,16,17,19). The lowest BCUT2D eigenvalue weighted by Gasteiger charge is -2.28. The number of aromatic nitrogens is 1. The molecular weight excluding hydrogens is 256 g/mol. The van der Waals surface area contributed by atoms with E-state index in [0.29, 0.717) is 6.54 Å². The van der Waals surface area contributed by atoms with Gasteiger partial charge in [0.2, 0.25) is 0 Å². The van der Waals surface area contributed by atoms with E-state index in [1.807, 2.05) is 26.0 Å². The zero-order valence-corrected chi connectivity index (χ0v) is 12.1. The first-order chi connectivity index (χ1) is 9.65. The Kier molecular flexibility index (Phi) is 5.17. The second-order valence-electron chi connectivity index (χ2n) is 5.10. The number of urea groups is 1. The molecule has 0 saturated carbocycles. The molecule has 0 aliphatic carbocycles. The highest BCUT2D eigenvalue weighted by Gasteiger charge is 2.12. The lowest BCUT2D eigenvalue weighted by Crippen LogP contribution is -2.39. The highest BCUT2D eigenvalue weighted by atomic mass is 16.5. The minimum absolute atomic E-state index is 0.136. The van der Waals surface area contributed by atoms with Crippen LogP contribution in [0, 0.1) is 0 Å². The van der Waals surface area contributed by atoms with Crippen molar-refractivity contribution in [2.75, 3.05) is 31.2 Å². The molecule has 2 amide bonds. The molecule has 0 radical (unpaired) electrons. The maximum Gasteiger partial charge on any atom is 0.315 e. The van der Waals surface area contributed by atoms with Gasteiger partial charge in [-0.3, -0.25) is 0 Å². The van der Waals surface area contributed by atoms with Crippen molar-refractivity contribution in [3.8, 4) is 0 Å². The van der Waals surface area contributed by atoms with Gasteiger partial charge < -0.3 is 20.3 Å². The lowest BCUT2D eigenvalue weighted by molar-refractivity contribution is 0.122. The number of pyridine rings is 1. The van der Waals surface area contributed by atoms with Crippen molar-refractivity contribution >= 4 is 11.8 Å². The van der Waals surface area contributed by atoms with Gasteiger partial charge in [0.1, 0.15) is 5.82 Å². The van der Waals surface area contributed by atoms with Crippen LogP contribution in [0.4, 0.5) is 10.6 Å². The summed E-state index contributed by atoms with van der Waals surface area (Å²) in [5.41, 5.74) is 1.04. The summed E-state index contributed by atoms with van der Waals surface area (Å²) in [6, 6.07) is 3.92. The molecule has 2 rings (SSSR count). The Morgan fingerprint density at radius 1 is 1.45 bits per heavy atom. The average Bonchev–Trinajstić information content (AvgIpc) is 2.46. The number of rotatable bonds is 4. The van der Waals surface area contributed by atoms with Crippen molar-refractivity contribution in [3.05, 3.63) is 23.9 Å². The van der Waals surface area contributed by atoms with Crippen LogP contribution < -0.4 is 15.5 Å². The summed E-state index contributed by atoms with van der Waals surface area (Å²) in [5.74, 6) is 0.942. The zero-order valence-electron chi connectivity index (χ0n) is 12.1. The maximum absolute atomic E-state index is 11.5. The van der Waals surface area contributed by atoms with E-state index in [1.54, 1.807) is 6.20 Å². The normalized spacial score (nSPS) is 15.2. The molecule has 1 aromatic rings. The molecule has 0 bridgehead atoms. The summed E-state index contributed by atoms with van der Waals surface area (Å²) >= 11 is 0. The number of hydrogen-bond acceptors (Lipinski definition) is 4. The van der Waals surface area contributed by atoms with Crippen molar-refractivity contribution in [3.63, 3.8) is 0 Å². The molecule has 0 unspecified atom stereocenters. The Morgan fingerprint density at radius 2 is 2.20 bits per heavy atom. The van der Waals surface area contributed by atoms with Gasteiger partial charge in [-0.1, -0.05) is 0 Å². The number of nitrogens with zero attached hydrogens (tertiary/aromatic N) is 2. The second kappa shape index (κ2) is 7.09. The number of ether oxygens (including phenoxy) is 1. The molecule has 20 heavy (non-hydrogen) atoms. The van der Waals surface area contributed by atoms with Crippen LogP contribution in [0.2, 0.25) is 0 Å². The summed E-state index contributed by atoms with van der Waals surface area (Å²) in [4.78, 5) is 18.1. The average molecular weight is 278 g/mol. The van der Waals surface area contributed by atoms with E-state index in [0.717, 1.165) is 37.7 Å². The maximum atomic E-state index is 11.5. The third kappa shape index (κ3) is 4.38. The molecular formula is C14H22N4O2. The summed E-state index contributed by atoms with van der Waals surface area (Å²) in [5, 5.41) is 5.64. The smallest absolute Gasteiger partial charge is 0.315 e. The van der Waals surface area contributed by atoms with Crippen LogP contribution in [-0.4, -0.2) is 43.4 Å². The van der Waals surface area contributed by atoms with E-state index >= 15 is 0 Å². The van der Waals surface area contributed by atoms with Crippen LogP contribution >= 0.6 is 0 Å². The number of carbonyl (C=O) groups excluding carboxylic acids is 1. The number of morpholine rings is 1. The fourth-order valence-electron chi connectivity index (χ4n) is 2.03. The van der Waals surface area contributed by atoms with Crippen LogP contribution in [0.3, 0.4) is 0 Å². The summed E-state index contributed by atoms with van der Waals surface area (Å²) in [6.07, 6.45) is 1.78. The van der Waals surface area contributed by atoms with Crippen molar-refractivity contribution in [2.24, 2.45) is 0 Å². The highest BCUT2D eigenvalue weighted by Crippen LogP contribution is 2.14. The topological polar surface area (TPSA) is 66.5 Å². The van der Waals surface area contributed by atoms with Crippen molar-refractivity contribution in [1.82, 2.24) is 15.6 Å². The lowest BCUT2D eigenvalue weighted by atomic mass is 10.2. The first kappa shape index (κ1) is 14.6. The van der Waals surface area contributed by atoms with Crippen molar-refractivity contribution in [1.29, 1.82) is 0 Å². The molecule has 2 N–H and O–H groups in total. The van der Waals surface area contributed by atoms with Crippen molar-refractivity contribution in [2.45, 2.75) is 26.4 Å². The minimum Gasteiger partial charge on any atom is -0.378 e. The van der Waals surface area contributed by atoms with Gasteiger partial charge in [-0.25, -0.2) is 9.78 Å². The number of carbonyl (C=O) groups is 1. The van der Waals surface area contributed by atoms with Gasteiger partial charge in [-0.15, -0.1) is 0 Å². The SMILES string of the molecule is CC(C)NC(=O)NCc1ccnc(N2CCOCC2)c1. The van der Waals surface area contributed by atoms with E-state index in [-0.39, 0.29) is 12.1 Å². The Labute approximate surface area is 119 Å². The molecule has 2 heterocycles. The molecule has 1 aliphatic heterocycles. The van der Waals surface area contributed by atoms with Gasteiger partial charge in [0.25, 0.3) is 0 Å². The van der Waals surface area contributed by atoms with Gasteiger partial charge in [0.15, 0.2) is 0 Å². The van der Waals surface area contributed by atoms with Crippen LogP contribution in [0.15, 0.2) is 18.3 Å². The summed E-state index contributed by atoms with van der Waals surface area (Å²) in [6.45, 7) is 7.56. The molecule has 0 spiro atoms. The molecule has 0 aromatic carbocycles. The predicted octanol–water partition coefficient (Wildman–Crippen LogP) is 1.13. The molecule has 1 fully saturated rings.